The molecule has 0 aliphatic heterocycles. The number of carbonyl (C=O) groups excluding carboxylic acids is 1. The van der Waals surface area contributed by atoms with Crippen LogP contribution in [0.15, 0.2) is 48.6 Å². The highest BCUT2D eigenvalue weighted by atomic mass is 31.2. The number of phosphoric ester groups is 1. The van der Waals surface area contributed by atoms with Crippen LogP contribution in [-0.2, 0) is 18.4 Å². The van der Waals surface area contributed by atoms with Crippen LogP contribution in [-0.4, -0.2) is 47.8 Å². The first-order chi connectivity index (χ1) is 25.9. The number of hydrogen-bond donors (Lipinski definition) is 4. The molecule has 0 radical (unpaired) electrons. The molecule has 3 atom stereocenters. The second-order valence-corrected chi connectivity index (χ2v) is 16.0. The summed E-state index contributed by atoms with van der Waals surface area (Å²) in [7, 11) is -4.35. The molecule has 1 amide bonds. The van der Waals surface area contributed by atoms with E-state index in [2.05, 4.69) is 55.6 Å². The number of allylic oxidation sites excluding steroid dienone is 7. The highest BCUT2D eigenvalue weighted by Gasteiger charge is 2.26. The normalized spacial score (nSPS) is 14.6. The van der Waals surface area contributed by atoms with Gasteiger partial charge in [0.15, 0.2) is 0 Å². The molecule has 310 valence electrons. The molecule has 0 fully saturated rings. The average Bonchev–Trinajstić information content (AvgIpc) is 3.14. The van der Waals surface area contributed by atoms with Gasteiger partial charge in [-0.2, -0.15) is 0 Å². The lowest BCUT2D eigenvalue weighted by molar-refractivity contribution is -0.123. The van der Waals surface area contributed by atoms with Crippen LogP contribution in [0.3, 0.4) is 0 Å². The van der Waals surface area contributed by atoms with E-state index in [0.717, 1.165) is 70.6 Å². The minimum Gasteiger partial charge on any atom is -0.387 e. The lowest BCUT2D eigenvalue weighted by atomic mass is 10.0. The number of amides is 1. The fraction of sp³-hybridized carbons (Fsp3) is 0.795. The van der Waals surface area contributed by atoms with Crippen LogP contribution < -0.4 is 11.1 Å². The summed E-state index contributed by atoms with van der Waals surface area (Å²) < 4.78 is 22.1. The number of unbranched alkanes of at least 4 members (excludes halogenated alkanes) is 22. The molecule has 0 bridgehead atoms. The summed E-state index contributed by atoms with van der Waals surface area (Å²) in [5, 5.41) is 13.6. The minimum absolute atomic E-state index is 0.0702. The summed E-state index contributed by atoms with van der Waals surface area (Å²) in [6.07, 6.45) is 48.8. The summed E-state index contributed by atoms with van der Waals surface area (Å²) in [5.41, 5.74) is 5.37. The van der Waals surface area contributed by atoms with Gasteiger partial charge >= 0.3 is 7.82 Å². The molecule has 8 nitrogen and oxygen atoms in total. The number of carbonyl (C=O) groups is 1. The van der Waals surface area contributed by atoms with Gasteiger partial charge in [0.25, 0.3) is 0 Å². The van der Waals surface area contributed by atoms with Gasteiger partial charge in [-0.1, -0.05) is 178 Å². The van der Waals surface area contributed by atoms with Crippen LogP contribution in [0, 0.1) is 0 Å². The number of aliphatic hydroxyl groups is 1. The van der Waals surface area contributed by atoms with Crippen molar-refractivity contribution in [2.75, 3.05) is 19.8 Å². The monoisotopic (exact) mass is 767 g/mol. The van der Waals surface area contributed by atoms with Crippen molar-refractivity contribution in [3.8, 4) is 0 Å². The Kier molecular flexibility index (Phi) is 39.0. The maximum atomic E-state index is 12.7. The number of nitrogens with two attached hydrogens (primary N) is 1. The van der Waals surface area contributed by atoms with E-state index < -0.39 is 20.0 Å². The quantitative estimate of drug-likeness (QED) is 0.0277. The van der Waals surface area contributed by atoms with Crippen molar-refractivity contribution in [3.63, 3.8) is 0 Å². The van der Waals surface area contributed by atoms with Crippen LogP contribution in [0.25, 0.3) is 0 Å². The Labute approximate surface area is 326 Å². The Bertz CT molecular complexity index is 970. The summed E-state index contributed by atoms with van der Waals surface area (Å²) >= 11 is 0. The van der Waals surface area contributed by atoms with E-state index in [4.69, 9.17) is 14.8 Å². The Balaban J connectivity index is 4.25. The molecular weight excluding hydrogens is 683 g/mol. The second-order valence-electron chi connectivity index (χ2n) is 14.5. The Morgan fingerprint density at radius 3 is 1.64 bits per heavy atom. The Morgan fingerprint density at radius 1 is 0.623 bits per heavy atom. The third-order valence-corrected chi connectivity index (χ3v) is 10.3. The van der Waals surface area contributed by atoms with Crippen molar-refractivity contribution in [1.82, 2.24) is 5.32 Å². The number of aliphatic hydroxyl groups excluding tert-OH is 1. The van der Waals surface area contributed by atoms with Crippen LogP contribution >= 0.6 is 7.82 Å². The van der Waals surface area contributed by atoms with Gasteiger partial charge in [0.05, 0.1) is 25.4 Å². The summed E-state index contributed by atoms with van der Waals surface area (Å²) in [6.45, 7) is 4.03. The molecule has 0 saturated heterocycles. The van der Waals surface area contributed by atoms with E-state index in [1.807, 2.05) is 6.08 Å². The number of nitrogens with one attached hydrogen (secondary N) is 1. The zero-order valence-electron chi connectivity index (χ0n) is 34.2. The number of phosphoric acid groups is 1. The third-order valence-electron chi connectivity index (χ3n) is 9.36. The van der Waals surface area contributed by atoms with Crippen molar-refractivity contribution in [2.24, 2.45) is 5.73 Å². The molecule has 0 aliphatic rings. The third kappa shape index (κ3) is 38.5. The van der Waals surface area contributed by atoms with Gasteiger partial charge < -0.3 is 21.1 Å². The van der Waals surface area contributed by atoms with Gasteiger partial charge in [0.1, 0.15) is 0 Å². The maximum Gasteiger partial charge on any atom is 0.472 e. The van der Waals surface area contributed by atoms with Gasteiger partial charge in [-0.15, -0.1) is 0 Å². The van der Waals surface area contributed by atoms with Gasteiger partial charge in [0.2, 0.25) is 5.91 Å². The first kappa shape index (κ1) is 51.5. The largest absolute Gasteiger partial charge is 0.472 e. The van der Waals surface area contributed by atoms with Crippen molar-refractivity contribution < 1.29 is 28.4 Å². The maximum absolute atomic E-state index is 12.7. The van der Waals surface area contributed by atoms with Crippen molar-refractivity contribution in [1.29, 1.82) is 0 Å². The molecule has 3 unspecified atom stereocenters. The molecule has 0 heterocycles. The van der Waals surface area contributed by atoms with Gasteiger partial charge in [-0.25, -0.2) is 4.57 Å². The van der Waals surface area contributed by atoms with Crippen molar-refractivity contribution in [3.05, 3.63) is 48.6 Å². The standard InChI is InChI=1S/C44H83N2O6P/c1-3-5-7-9-11-13-15-17-18-19-20-21-22-23-24-26-27-29-31-33-35-37-43(47)42(41-52-53(49,50)51-40-39-45)46-44(48)38-36-34-32-30-28-25-16-14-12-10-8-6-4-2/h8,10,14,16,27,29,35,37,42-43,47H,3-7,9,11-13,15,17-26,28,30-34,36,38-41,45H2,1-2H3,(H,46,48)(H,49,50)/b10-8-,16-14-,29-27+,37-35+. The predicted octanol–water partition coefficient (Wildman–Crippen LogP) is 12.1. The fourth-order valence-corrected chi connectivity index (χ4v) is 6.83. The highest BCUT2D eigenvalue weighted by Crippen LogP contribution is 2.43. The van der Waals surface area contributed by atoms with Crippen molar-refractivity contribution >= 4 is 13.7 Å². The van der Waals surface area contributed by atoms with Crippen LogP contribution in [0.2, 0.25) is 0 Å². The Morgan fingerprint density at radius 2 is 1.09 bits per heavy atom. The van der Waals surface area contributed by atoms with Crippen molar-refractivity contribution in [2.45, 2.75) is 206 Å². The average molecular weight is 767 g/mol. The molecule has 53 heavy (non-hydrogen) atoms. The second kappa shape index (κ2) is 40.1. The zero-order chi connectivity index (χ0) is 38.9. The summed E-state index contributed by atoms with van der Waals surface area (Å²) in [5.74, 6) is -0.220. The van der Waals surface area contributed by atoms with E-state index >= 15 is 0 Å². The van der Waals surface area contributed by atoms with Crippen LogP contribution in [0.4, 0.5) is 0 Å². The number of rotatable bonds is 40. The van der Waals surface area contributed by atoms with Crippen LogP contribution in [0.5, 0.6) is 0 Å². The topological polar surface area (TPSA) is 131 Å². The molecule has 9 heteroatoms. The minimum atomic E-state index is -4.35. The fourth-order valence-electron chi connectivity index (χ4n) is 6.07. The lowest BCUT2D eigenvalue weighted by Gasteiger charge is -2.23. The smallest absolute Gasteiger partial charge is 0.387 e. The lowest BCUT2D eigenvalue weighted by Crippen LogP contribution is -2.45. The molecule has 0 aromatic heterocycles. The molecular formula is C44H83N2O6P. The molecule has 0 aromatic carbocycles. The molecule has 5 N–H and O–H groups in total. The van der Waals surface area contributed by atoms with Gasteiger partial charge in [-0.3, -0.25) is 13.8 Å². The molecule has 0 aromatic rings. The van der Waals surface area contributed by atoms with E-state index in [9.17, 15) is 19.4 Å². The number of hydrogen-bond acceptors (Lipinski definition) is 6. The van der Waals surface area contributed by atoms with Gasteiger partial charge in [0, 0.05) is 13.0 Å². The molecule has 0 saturated carbocycles. The first-order valence-corrected chi connectivity index (χ1v) is 23.3. The highest BCUT2D eigenvalue weighted by molar-refractivity contribution is 7.47. The van der Waals surface area contributed by atoms with E-state index in [-0.39, 0.29) is 25.7 Å². The Hall–Kier alpha value is -1.54. The SMILES string of the molecule is CCC/C=C\C/C=C\CCCCCCCC(=O)NC(COP(=O)(O)OCCN)C(O)/C=C/CC/C=C/CCCCCCCCCCCCCCCCC. The zero-order valence-corrected chi connectivity index (χ0v) is 35.1. The predicted molar refractivity (Wildman–Crippen MR) is 226 cm³/mol. The first-order valence-electron chi connectivity index (χ1n) is 21.8. The van der Waals surface area contributed by atoms with Gasteiger partial charge in [-0.05, 0) is 57.8 Å². The molecule has 0 spiro atoms. The molecule has 0 aliphatic carbocycles. The molecule has 0 rings (SSSR count). The van der Waals surface area contributed by atoms with E-state index in [1.165, 1.54) is 103 Å². The summed E-state index contributed by atoms with van der Waals surface area (Å²) in [4.78, 5) is 22.6. The van der Waals surface area contributed by atoms with E-state index in [0.29, 0.717) is 6.42 Å². The summed E-state index contributed by atoms with van der Waals surface area (Å²) in [6, 6.07) is -0.884. The van der Waals surface area contributed by atoms with Crippen LogP contribution in [0.1, 0.15) is 194 Å². The van der Waals surface area contributed by atoms with E-state index in [1.54, 1.807) is 6.08 Å².